The maximum absolute atomic E-state index is 12.0. The van der Waals surface area contributed by atoms with Crippen molar-refractivity contribution in [3.8, 4) is 0 Å². The van der Waals surface area contributed by atoms with Gasteiger partial charge in [-0.05, 0) is 11.6 Å². The van der Waals surface area contributed by atoms with Gasteiger partial charge in [0.15, 0.2) is 6.23 Å². The number of aliphatic hydroxyl groups excluding tert-OH is 2. The van der Waals surface area contributed by atoms with Gasteiger partial charge >= 0.3 is 13.5 Å². The Bertz CT molecular complexity index is 908. The number of hydrogen-bond donors (Lipinski definition) is 4. The molecule has 0 spiro atoms. The Balaban J connectivity index is 1.59. The molecule has 0 amide bonds. The molecule has 1 saturated heterocycles. The summed E-state index contributed by atoms with van der Waals surface area (Å²) in [6, 6.07) is 10.0. The minimum atomic E-state index is -4.43. The first-order chi connectivity index (χ1) is 13.3. The van der Waals surface area contributed by atoms with E-state index in [-0.39, 0.29) is 12.4 Å². The second-order valence-electron chi connectivity index (χ2n) is 6.11. The average Bonchev–Trinajstić information content (AvgIpc) is 2.94. The van der Waals surface area contributed by atoms with Crippen LogP contribution < -0.4 is 11.4 Å². The molecule has 2 heterocycles. The van der Waals surface area contributed by atoms with Crippen molar-refractivity contribution >= 4 is 13.6 Å². The van der Waals surface area contributed by atoms with Gasteiger partial charge in [0.1, 0.15) is 24.1 Å². The molecule has 2 aromatic rings. The van der Waals surface area contributed by atoms with Gasteiger partial charge in [-0.1, -0.05) is 30.3 Å². The first kappa shape index (κ1) is 20.6. The van der Waals surface area contributed by atoms with E-state index in [1.54, 1.807) is 30.3 Å². The fourth-order valence-electron chi connectivity index (χ4n) is 2.65. The van der Waals surface area contributed by atoms with E-state index in [4.69, 9.17) is 19.5 Å². The number of anilines is 1. The molecule has 2 unspecified atom stereocenters. The predicted molar refractivity (Wildman–Crippen MR) is 95.8 cm³/mol. The average molecular weight is 413 g/mol. The van der Waals surface area contributed by atoms with Crippen LogP contribution in [0.25, 0.3) is 0 Å². The van der Waals surface area contributed by atoms with E-state index in [0.717, 1.165) is 4.57 Å². The Morgan fingerprint density at radius 3 is 2.57 bits per heavy atom. The topological polar surface area (TPSA) is 166 Å². The number of phosphoric ester groups is 1. The molecule has 1 aliphatic rings. The lowest BCUT2D eigenvalue weighted by Crippen LogP contribution is -2.36. The third kappa shape index (κ3) is 4.83. The Hall–Kier alpha value is -2.11. The number of hydrogen-bond acceptors (Lipinski definition) is 9. The van der Waals surface area contributed by atoms with Gasteiger partial charge in [-0.2, -0.15) is 4.98 Å². The summed E-state index contributed by atoms with van der Waals surface area (Å²) < 4.78 is 28.1. The van der Waals surface area contributed by atoms with Crippen LogP contribution in [0.3, 0.4) is 0 Å². The molecule has 152 valence electrons. The highest BCUT2D eigenvalue weighted by atomic mass is 31.2. The molecule has 5 N–H and O–H groups in total. The SMILES string of the molecule is Nc1ccn(C2O[C@H](COP(=O)(O)OCc3ccccc3)[C@@H](O)[C@@H]2O)c(=O)n1. The van der Waals surface area contributed by atoms with E-state index in [1.807, 2.05) is 0 Å². The summed E-state index contributed by atoms with van der Waals surface area (Å²) in [5.74, 6) is -0.00838. The normalized spacial score (nSPS) is 26.8. The minimum Gasteiger partial charge on any atom is -0.387 e. The summed E-state index contributed by atoms with van der Waals surface area (Å²) in [5, 5.41) is 20.3. The highest BCUT2D eigenvalue weighted by Crippen LogP contribution is 2.45. The van der Waals surface area contributed by atoms with Gasteiger partial charge in [0.25, 0.3) is 0 Å². The third-order valence-electron chi connectivity index (χ3n) is 4.10. The Morgan fingerprint density at radius 1 is 1.18 bits per heavy atom. The molecule has 1 fully saturated rings. The lowest BCUT2D eigenvalue weighted by Gasteiger charge is -2.18. The fourth-order valence-corrected chi connectivity index (χ4v) is 3.37. The van der Waals surface area contributed by atoms with Crippen molar-refractivity contribution in [2.45, 2.75) is 31.1 Å². The van der Waals surface area contributed by atoms with Crippen LogP contribution in [0, 0.1) is 0 Å². The monoisotopic (exact) mass is 413 g/mol. The fraction of sp³-hybridized carbons (Fsp3) is 0.375. The number of rotatable bonds is 7. The van der Waals surface area contributed by atoms with Crippen LogP contribution in [-0.2, 0) is 25.0 Å². The van der Waals surface area contributed by atoms with Crippen molar-refractivity contribution in [3.63, 3.8) is 0 Å². The van der Waals surface area contributed by atoms with E-state index in [2.05, 4.69) is 4.98 Å². The van der Waals surface area contributed by atoms with Crippen LogP contribution in [-0.4, -0.2) is 49.6 Å². The number of aliphatic hydroxyl groups is 2. The molecule has 1 aromatic heterocycles. The molecule has 1 aromatic carbocycles. The van der Waals surface area contributed by atoms with Gasteiger partial charge < -0.3 is 25.6 Å². The zero-order valence-corrected chi connectivity index (χ0v) is 15.5. The molecule has 28 heavy (non-hydrogen) atoms. The molecule has 3 rings (SSSR count). The summed E-state index contributed by atoms with van der Waals surface area (Å²) in [5.41, 5.74) is 5.30. The number of aromatic nitrogens is 2. The lowest BCUT2D eigenvalue weighted by atomic mass is 10.1. The molecule has 1 aliphatic heterocycles. The van der Waals surface area contributed by atoms with Gasteiger partial charge in [0.2, 0.25) is 0 Å². The second kappa shape index (κ2) is 8.50. The van der Waals surface area contributed by atoms with E-state index < -0.39 is 44.7 Å². The van der Waals surface area contributed by atoms with E-state index in [0.29, 0.717) is 5.56 Å². The van der Waals surface area contributed by atoms with Crippen LogP contribution >= 0.6 is 7.82 Å². The molecule has 12 heteroatoms. The zero-order valence-electron chi connectivity index (χ0n) is 14.6. The molecular weight excluding hydrogens is 393 g/mol. The maximum Gasteiger partial charge on any atom is 0.472 e. The van der Waals surface area contributed by atoms with Gasteiger partial charge in [-0.25, -0.2) is 9.36 Å². The van der Waals surface area contributed by atoms with E-state index in [1.165, 1.54) is 12.3 Å². The largest absolute Gasteiger partial charge is 0.472 e. The van der Waals surface area contributed by atoms with Crippen molar-refractivity contribution in [1.82, 2.24) is 9.55 Å². The molecule has 0 radical (unpaired) electrons. The third-order valence-corrected chi connectivity index (χ3v) is 5.03. The number of nitrogen functional groups attached to an aromatic ring is 1. The summed E-state index contributed by atoms with van der Waals surface area (Å²) in [4.78, 5) is 25.2. The first-order valence-electron chi connectivity index (χ1n) is 8.29. The van der Waals surface area contributed by atoms with Crippen LogP contribution in [0.4, 0.5) is 5.82 Å². The second-order valence-corrected chi connectivity index (χ2v) is 7.57. The Morgan fingerprint density at radius 2 is 1.89 bits per heavy atom. The first-order valence-corrected chi connectivity index (χ1v) is 9.78. The van der Waals surface area contributed by atoms with Crippen LogP contribution in [0.1, 0.15) is 11.8 Å². The number of benzene rings is 1. The van der Waals surface area contributed by atoms with Gasteiger partial charge in [-0.3, -0.25) is 13.6 Å². The summed E-state index contributed by atoms with van der Waals surface area (Å²) in [7, 11) is -4.43. The van der Waals surface area contributed by atoms with Crippen molar-refractivity contribution < 1.29 is 33.5 Å². The quantitative estimate of drug-likeness (QED) is 0.446. The van der Waals surface area contributed by atoms with Gasteiger partial charge in [-0.15, -0.1) is 0 Å². The molecule has 5 atom stereocenters. The molecule has 0 aliphatic carbocycles. The van der Waals surface area contributed by atoms with Crippen LogP contribution in [0.15, 0.2) is 47.4 Å². The van der Waals surface area contributed by atoms with E-state index >= 15 is 0 Å². The molecule has 0 saturated carbocycles. The maximum atomic E-state index is 12.0. The number of phosphoric acid groups is 1. The van der Waals surface area contributed by atoms with Gasteiger partial charge in [0.05, 0.1) is 13.2 Å². The zero-order chi connectivity index (χ0) is 20.3. The molecule has 0 bridgehead atoms. The van der Waals surface area contributed by atoms with Crippen molar-refractivity contribution in [2.75, 3.05) is 12.3 Å². The van der Waals surface area contributed by atoms with Crippen molar-refractivity contribution in [1.29, 1.82) is 0 Å². The van der Waals surface area contributed by atoms with Crippen molar-refractivity contribution in [3.05, 3.63) is 58.6 Å². The highest BCUT2D eigenvalue weighted by Gasteiger charge is 2.45. The summed E-state index contributed by atoms with van der Waals surface area (Å²) >= 11 is 0. The number of nitrogens with zero attached hydrogens (tertiary/aromatic N) is 2. The smallest absolute Gasteiger partial charge is 0.387 e. The Kier molecular flexibility index (Phi) is 6.26. The summed E-state index contributed by atoms with van der Waals surface area (Å²) in [6.45, 7) is -0.700. The molecular formula is C16H20N3O8P. The van der Waals surface area contributed by atoms with Crippen LogP contribution in [0.5, 0.6) is 0 Å². The highest BCUT2D eigenvalue weighted by molar-refractivity contribution is 7.47. The van der Waals surface area contributed by atoms with Crippen LogP contribution in [0.2, 0.25) is 0 Å². The standard InChI is InChI=1S/C16H20N3O8P/c17-12-6-7-19(16(22)18-12)15-14(21)13(20)11(27-15)9-26-28(23,24)25-8-10-4-2-1-3-5-10/h1-7,11,13-15,20-21H,8-9H2,(H,23,24)(H2,17,18,22)/t11-,13-,14+,15?/m1/s1. The minimum absolute atomic E-state index is 0.00838. The van der Waals surface area contributed by atoms with Crippen molar-refractivity contribution in [2.24, 2.45) is 0 Å². The predicted octanol–water partition coefficient (Wildman–Crippen LogP) is -0.222. The number of nitrogens with two attached hydrogens (primary N) is 1. The summed E-state index contributed by atoms with van der Waals surface area (Å²) in [6.07, 6.45) is -4.13. The Labute approximate surface area is 159 Å². The number of ether oxygens (including phenoxy) is 1. The molecule has 11 nitrogen and oxygen atoms in total. The lowest BCUT2D eigenvalue weighted by molar-refractivity contribution is -0.0553. The van der Waals surface area contributed by atoms with Gasteiger partial charge in [0, 0.05) is 6.20 Å². The van der Waals surface area contributed by atoms with E-state index in [9.17, 15) is 24.5 Å².